The van der Waals surface area contributed by atoms with E-state index in [1.807, 2.05) is 6.92 Å². The molecule has 0 aliphatic heterocycles. The molecule has 2 aromatic carbocycles. The molecular weight excluding hydrogens is 336 g/mol. The van der Waals surface area contributed by atoms with Crippen molar-refractivity contribution in [1.29, 1.82) is 0 Å². The molecule has 2 rings (SSSR count). The van der Waals surface area contributed by atoms with Gasteiger partial charge in [0.05, 0.1) is 4.47 Å². The van der Waals surface area contributed by atoms with Crippen molar-refractivity contribution in [2.24, 2.45) is 0 Å². The summed E-state index contributed by atoms with van der Waals surface area (Å²) in [5, 5.41) is 3.41. The second-order valence-electron chi connectivity index (χ2n) is 4.21. The van der Waals surface area contributed by atoms with Gasteiger partial charge < -0.3 is 5.32 Å². The lowest BCUT2D eigenvalue weighted by molar-refractivity contribution is 0.620. The lowest BCUT2D eigenvalue weighted by Gasteiger charge is -2.11. The molecule has 0 atom stereocenters. The normalized spacial score (nSPS) is 10.6. The number of nitrogens with one attached hydrogen (secondary N) is 1. The molecule has 2 aromatic rings. The molecule has 0 heterocycles. The Labute approximate surface area is 123 Å². The maximum atomic E-state index is 13.4. The molecule has 0 aliphatic rings. The van der Waals surface area contributed by atoms with Crippen LogP contribution >= 0.6 is 27.5 Å². The van der Waals surface area contributed by atoms with Crippen LogP contribution in [0.4, 0.5) is 14.5 Å². The maximum absolute atomic E-state index is 13.4. The number of aryl methyl sites for hydroxylation is 1. The molecule has 0 aromatic heterocycles. The Morgan fingerprint density at radius 3 is 2.58 bits per heavy atom. The van der Waals surface area contributed by atoms with E-state index in [9.17, 15) is 8.78 Å². The van der Waals surface area contributed by atoms with Crippen LogP contribution in [0.5, 0.6) is 0 Å². The number of anilines is 1. The summed E-state index contributed by atoms with van der Waals surface area (Å²) < 4.78 is 27.0. The summed E-state index contributed by atoms with van der Waals surface area (Å²) in [5.74, 6) is -0.728. The van der Waals surface area contributed by atoms with Crippen molar-refractivity contribution in [1.82, 2.24) is 0 Å². The summed E-state index contributed by atoms with van der Waals surface area (Å²) in [6.45, 7) is 2.24. The van der Waals surface area contributed by atoms with Crippen molar-refractivity contribution in [3.8, 4) is 0 Å². The summed E-state index contributed by atoms with van der Waals surface area (Å²) in [5.41, 5.74) is 2.27. The van der Waals surface area contributed by atoms with E-state index in [0.717, 1.165) is 5.56 Å². The first-order valence-corrected chi connectivity index (χ1v) is 6.77. The van der Waals surface area contributed by atoms with E-state index < -0.39 is 0 Å². The number of halogens is 4. The molecule has 0 unspecified atom stereocenters. The molecule has 1 N–H and O–H groups in total. The van der Waals surface area contributed by atoms with E-state index >= 15 is 0 Å². The van der Waals surface area contributed by atoms with Gasteiger partial charge in [0.2, 0.25) is 0 Å². The SMILES string of the molecule is Cc1cc(Br)c(F)cc1NCc1cc(F)cc(Cl)c1. The second kappa shape index (κ2) is 5.88. The molecule has 0 spiro atoms. The predicted molar refractivity (Wildman–Crippen MR) is 77.6 cm³/mol. The first kappa shape index (κ1) is 14.3. The minimum atomic E-state index is -0.386. The molecule has 0 amide bonds. The topological polar surface area (TPSA) is 12.0 Å². The van der Waals surface area contributed by atoms with E-state index in [0.29, 0.717) is 27.3 Å². The van der Waals surface area contributed by atoms with Crippen LogP contribution < -0.4 is 5.32 Å². The molecule has 0 fully saturated rings. The largest absolute Gasteiger partial charge is 0.381 e. The molecule has 1 nitrogen and oxygen atoms in total. The van der Waals surface area contributed by atoms with E-state index in [4.69, 9.17) is 11.6 Å². The van der Waals surface area contributed by atoms with Gasteiger partial charge in [0, 0.05) is 17.3 Å². The number of rotatable bonds is 3. The predicted octanol–water partition coefficient (Wildman–Crippen LogP) is 5.30. The first-order chi connectivity index (χ1) is 8.95. The zero-order valence-electron chi connectivity index (χ0n) is 10.1. The quantitative estimate of drug-likeness (QED) is 0.795. The zero-order valence-corrected chi connectivity index (χ0v) is 12.4. The Morgan fingerprint density at radius 2 is 1.89 bits per heavy atom. The van der Waals surface area contributed by atoms with Gasteiger partial charge in [-0.25, -0.2) is 8.78 Å². The Balaban J connectivity index is 2.16. The van der Waals surface area contributed by atoms with Crippen LogP contribution in [0.1, 0.15) is 11.1 Å². The Morgan fingerprint density at radius 1 is 1.16 bits per heavy atom. The van der Waals surface area contributed by atoms with Crippen molar-refractivity contribution >= 4 is 33.2 Å². The van der Waals surface area contributed by atoms with Crippen molar-refractivity contribution < 1.29 is 8.78 Å². The summed E-state index contributed by atoms with van der Waals surface area (Å²) in [6.07, 6.45) is 0. The summed E-state index contributed by atoms with van der Waals surface area (Å²) in [7, 11) is 0. The monoisotopic (exact) mass is 345 g/mol. The fourth-order valence-electron chi connectivity index (χ4n) is 1.75. The smallest absolute Gasteiger partial charge is 0.139 e. The molecule has 0 saturated heterocycles. The van der Waals surface area contributed by atoms with Gasteiger partial charge in [-0.05, 0) is 64.3 Å². The van der Waals surface area contributed by atoms with E-state index in [-0.39, 0.29) is 11.6 Å². The average molecular weight is 347 g/mol. The van der Waals surface area contributed by atoms with Gasteiger partial charge in [0.25, 0.3) is 0 Å². The number of hydrogen-bond donors (Lipinski definition) is 1. The fraction of sp³-hybridized carbons (Fsp3) is 0.143. The van der Waals surface area contributed by atoms with Crippen LogP contribution in [0.3, 0.4) is 0 Å². The van der Waals surface area contributed by atoms with E-state index in [1.165, 1.54) is 18.2 Å². The highest BCUT2D eigenvalue weighted by Gasteiger charge is 2.06. The Bertz CT molecular complexity index is 596. The van der Waals surface area contributed by atoms with Gasteiger partial charge in [-0.3, -0.25) is 0 Å². The minimum absolute atomic E-state index is 0.342. The van der Waals surface area contributed by atoms with Gasteiger partial charge in [0.15, 0.2) is 0 Å². The lowest BCUT2D eigenvalue weighted by atomic mass is 10.1. The number of benzene rings is 2. The van der Waals surface area contributed by atoms with Crippen LogP contribution in [0.15, 0.2) is 34.8 Å². The van der Waals surface area contributed by atoms with Crippen LogP contribution in [0.2, 0.25) is 5.02 Å². The molecule has 19 heavy (non-hydrogen) atoms. The molecule has 0 radical (unpaired) electrons. The Hall–Kier alpha value is -1.13. The van der Waals surface area contributed by atoms with Crippen LogP contribution in [-0.2, 0) is 6.54 Å². The zero-order chi connectivity index (χ0) is 14.0. The highest BCUT2D eigenvalue weighted by molar-refractivity contribution is 9.10. The van der Waals surface area contributed by atoms with Crippen molar-refractivity contribution in [3.05, 3.63) is 62.6 Å². The summed E-state index contributed by atoms with van der Waals surface area (Å²) >= 11 is 8.90. The van der Waals surface area contributed by atoms with Crippen molar-refractivity contribution in [3.63, 3.8) is 0 Å². The van der Waals surface area contributed by atoms with Crippen LogP contribution in [-0.4, -0.2) is 0 Å². The third-order valence-corrected chi connectivity index (χ3v) is 3.50. The van der Waals surface area contributed by atoms with Gasteiger partial charge in [-0.2, -0.15) is 0 Å². The highest BCUT2D eigenvalue weighted by atomic mass is 79.9. The average Bonchev–Trinajstić information content (AvgIpc) is 2.31. The van der Waals surface area contributed by atoms with E-state index in [2.05, 4.69) is 21.2 Å². The standard InChI is InChI=1S/C14H11BrClF2N/c1-8-2-12(15)13(18)6-14(8)19-7-9-3-10(16)5-11(17)4-9/h2-6,19H,7H2,1H3. The lowest BCUT2D eigenvalue weighted by Crippen LogP contribution is -2.02. The maximum Gasteiger partial charge on any atom is 0.139 e. The molecule has 100 valence electrons. The van der Waals surface area contributed by atoms with Gasteiger partial charge in [-0.15, -0.1) is 0 Å². The van der Waals surface area contributed by atoms with Gasteiger partial charge in [-0.1, -0.05) is 11.6 Å². The number of hydrogen-bond acceptors (Lipinski definition) is 1. The van der Waals surface area contributed by atoms with Crippen LogP contribution in [0.25, 0.3) is 0 Å². The van der Waals surface area contributed by atoms with Crippen LogP contribution in [0, 0.1) is 18.6 Å². The Kier molecular flexibility index (Phi) is 4.42. The van der Waals surface area contributed by atoms with Gasteiger partial charge >= 0.3 is 0 Å². The second-order valence-corrected chi connectivity index (χ2v) is 5.50. The highest BCUT2D eigenvalue weighted by Crippen LogP contribution is 2.24. The van der Waals surface area contributed by atoms with Crippen molar-refractivity contribution in [2.75, 3.05) is 5.32 Å². The minimum Gasteiger partial charge on any atom is -0.381 e. The molecule has 5 heteroatoms. The molecule has 0 saturated carbocycles. The summed E-state index contributed by atoms with van der Waals surface area (Å²) in [4.78, 5) is 0. The first-order valence-electron chi connectivity index (χ1n) is 5.60. The third-order valence-electron chi connectivity index (χ3n) is 2.67. The third kappa shape index (κ3) is 3.67. The fourth-order valence-corrected chi connectivity index (χ4v) is 2.45. The summed E-state index contributed by atoms with van der Waals surface area (Å²) in [6, 6.07) is 7.40. The van der Waals surface area contributed by atoms with E-state index in [1.54, 1.807) is 12.1 Å². The molecule has 0 bridgehead atoms. The molecular formula is C14H11BrClF2N. The van der Waals surface area contributed by atoms with Gasteiger partial charge in [0.1, 0.15) is 11.6 Å². The van der Waals surface area contributed by atoms with Crippen molar-refractivity contribution in [2.45, 2.75) is 13.5 Å². The molecule has 0 aliphatic carbocycles.